The largest absolute Gasteiger partial charge is 0.497 e. The van der Waals surface area contributed by atoms with E-state index in [2.05, 4.69) is 0 Å². The fourth-order valence-corrected chi connectivity index (χ4v) is 5.13. The fraction of sp³-hybridized carbons (Fsp3) is 0.304. The second kappa shape index (κ2) is 9.77. The summed E-state index contributed by atoms with van der Waals surface area (Å²) in [6, 6.07) is 16.9. The molecule has 0 aromatic heterocycles. The maximum atomic E-state index is 12.9. The third-order valence-corrected chi connectivity index (χ3v) is 6.79. The summed E-state index contributed by atoms with van der Waals surface area (Å²) in [7, 11) is 1.59. The van der Waals surface area contributed by atoms with Gasteiger partial charge in [-0.2, -0.15) is 0 Å². The Morgan fingerprint density at radius 1 is 1.10 bits per heavy atom. The first-order valence-electron chi connectivity index (χ1n) is 9.80. The van der Waals surface area contributed by atoms with E-state index in [-0.39, 0.29) is 29.5 Å². The third-order valence-electron chi connectivity index (χ3n) is 5.15. The number of hydrogen-bond donors (Lipinski definition) is 0. The van der Waals surface area contributed by atoms with Crippen LogP contribution in [0.1, 0.15) is 11.1 Å². The molecule has 162 valence electrons. The minimum Gasteiger partial charge on any atom is -0.497 e. The molecular weight excluding hydrogens is 438 g/mol. The lowest BCUT2D eigenvalue weighted by molar-refractivity contribution is -0.167. The Morgan fingerprint density at radius 3 is 2.48 bits per heavy atom. The zero-order valence-corrected chi connectivity index (χ0v) is 18.5. The maximum Gasteiger partial charge on any atom is 0.355 e. The monoisotopic (exact) mass is 459 g/mol. The molecular formula is C23H22ClNO5S. The highest BCUT2D eigenvalue weighted by atomic mass is 35.5. The first kappa shape index (κ1) is 21.7. The smallest absolute Gasteiger partial charge is 0.355 e. The molecule has 4 rings (SSSR count). The van der Waals surface area contributed by atoms with E-state index in [0.29, 0.717) is 17.9 Å². The average molecular weight is 460 g/mol. The summed E-state index contributed by atoms with van der Waals surface area (Å²) in [6.45, 7) is 0.432. The van der Waals surface area contributed by atoms with Gasteiger partial charge in [-0.1, -0.05) is 42.5 Å². The summed E-state index contributed by atoms with van der Waals surface area (Å²) < 4.78 is 16.5. The molecule has 0 unspecified atom stereocenters. The molecule has 2 aromatic rings. The van der Waals surface area contributed by atoms with Crippen molar-refractivity contribution in [2.45, 2.75) is 24.7 Å². The number of alkyl halides is 1. The Hall–Kier alpha value is -2.48. The van der Waals surface area contributed by atoms with Crippen LogP contribution in [0.15, 0.2) is 65.9 Å². The molecule has 1 saturated heterocycles. The van der Waals surface area contributed by atoms with Crippen LogP contribution >= 0.6 is 23.4 Å². The predicted octanol–water partition coefficient (Wildman–Crippen LogP) is 3.73. The second-order valence-corrected chi connectivity index (χ2v) is 8.51. The Balaban J connectivity index is 1.42. The molecule has 6 nitrogen and oxygen atoms in total. The second-order valence-electron chi connectivity index (χ2n) is 7.14. The highest BCUT2D eigenvalue weighted by molar-refractivity contribution is 8.00. The molecule has 2 aromatic carbocycles. The number of halogens is 1. The van der Waals surface area contributed by atoms with Crippen LogP contribution in [0.4, 0.5) is 0 Å². The maximum absolute atomic E-state index is 12.9. The highest BCUT2D eigenvalue weighted by Gasteiger charge is 2.54. The van der Waals surface area contributed by atoms with Crippen LogP contribution in [-0.4, -0.2) is 47.0 Å². The van der Waals surface area contributed by atoms with Crippen LogP contribution in [0.2, 0.25) is 0 Å². The number of nitrogens with zero attached hydrogens (tertiary/aromatic N) is 1. The molecule has 0 N–H and O–H groups in total. The summed E-state index contributed by atoms with van der Waals surface area (Å²) in [5.41, 5.74) is 2.75. The quantitative estimate of drug-likeness (QED) is 0.340. The molecule has 31 heavy (non-hydrogen) atoms. The zero-order chi connectivity index (χ0) is 21.8. The first-order valence-corrected chi connectivity index (χ1v) is 11.4. The van der Waals surface area contributed by atoms with Crippen molar-refractivity contribution in [2.24, 2.45) is 0 Å². The lowest BCUT2D eigenvalue weighted by Crippen LogP contribution is -2.65. The molecule has 0 spiro atoms. The molecule has 0 bridgehead atoms. The first-order chi connectivity index (χ1) is 15.1. The van der Waals surface area contributed by atoms with Crippen molar-refractivity contribution < 1.29 is 23.8 Å². The summed E-state index contributed by atoms with van der Waals surface area (Å²) in [5, 5.41) is -0.258. The van der Waals surface area contributed by atoms with Crippen LogP contribution in [0.3, 0.4) is 0 Å². The number of thioether (sulfide) groups is 1. The van der Waals surface area contributed by atoms with E-state index in [1.807, 2.05) is 42.5 Å². The van der Waals surface area contributed by atoms with Crippen molar-refractivity contribution >= 4 is 35.2 Å². The number of esters is 1. The number of rotatable bonds is 8. The fourth-order valence-electron chi connectivity index (χ4n) is 3.46. The summed E-state index contributed by atoms with van der Waals surface area (Å²) in [4.78, 5) is 27.2. The lowest BCUT2D eigenvalue weighted by Gasteiger charge is -2.49. The van der Waals surface area contributed by atoms with Crippen LogP contribution < -0.4 is 4.74 Å². The normalized spacial score (nSPS) is 20.2. The van der Waals surface area contributed by atoms with Gasteiger partial charge in [-0.05, 0) is 28.8 Å². The topological polar surface area (TPSA) is 65.1 Å². The van der Waals surface area contributed by atoms with E-state index < -0.39 is 12.1 Å². The van der Waals surface area contributed by atoms with Gasteiger partial charge >= 0.3 is 5.97 Å². The summed E-state index contributed by atoms with van der Waals surface area (Å²) in [6.07, 6.45) is -0.591. The lowest BCUT2D eigenvalue weighted by atomic mass is 10.1. The molecule has 1 fully saturated rings. The predicted molar refractivity (Wildman–Crippen MR) is 119 cm³/mol. The average Bonchev–Trinajstić information content (AvgIpc) is 2.82. The van der Waals surface area contributed by atoms with Gasteiger partial charge in [0.1, 0.15) is 23.4 Å². The number of amides is 1. The number of methoxy groups -OCH3 is 1. The summed E-state index contributed by atoms with van der Waals surface area (Å²) in [5.74, 6) is 0.642. The summed E-state index contributed by atoms with van der Waals surface area (Å²) >= 11 is 7.62. The number of carbonyl (C=O) groups excluding carboxylic acids is 2. The Labute approximate surface area is 190 Å². The number of β-lactam (4-membered cyclic amide) rings is 1. The van der Waals surface area contributed by atoms with Gasteiger partial charge in [0.25, 0.3) is 5.91 Å². The van der Waals surface area contributed by atoms with E-state index in [1.165, 1.54) is 4.90 Å². The van der Waals surface area contributed by atoms with Gasteiger partial charge in [-0.15, -0.1) is 23.4 Å². The van der Waals surface area contributed by atoms with Crippen molar-refractivity contribution in [3.8, 4) is 5.75 Å². The molecule has 0 radical (unpaired) electrons. The van der Waals surface area contributed by atoms with Gasteiger partial charge in [0, 0.05) is 11.6 Å². The number of carbonyl (C=O) groups is 2. The van der Waals surface area contributed by atoms with Crippen LogP contribution in [0.25, 0.3) is 0 Å². The van der Waals surface area contributed by atoms with Crippen LogP contribution in [0.5, 0.6) is 5.75 Å². The van der Waals surface area contributed by atoms with E-state index in [4.69, 9.17) is 25.8 Å². The molecule has 0 aliphatic carbocycles. The van der Waals surface area contributed by atoms with E-state index >= 15 is 0 Å². The number of hydrogen-bond acceptors (Lipinski definition) is 6. The van der Waals surface area contributed by atoms with Crippen molar-refractivity contribution in [3.05, 3.63) is 77.0 Å². The van der Waals surface area contributed by atoms with Crippen molar-refractivity contribution in [1.82, 2.24) is 4.90 Å². The highest BCUT2D eigenvalue weighted by Crippen LogP contribution is 2.42. The minimum atomic E-state index is -0.591. The van der Waals surface area contributed by atoms with E-state index in [1.54, 1.807) is 31.0 Å². The number of fused-ring (bicyclic) bond motifs is 1. The standard InChI is InChI=1S/C23H22ClNO5S/c1-28-18-9-7-16(8-10-18)13-30-23(27)19-17(11-24)14-31-22-20(21(26)25(19)22)29-12-15-5-3-2-4-6-15/h2-10,20,22H,11-14H2,1H3/t20-,22+/m0/s1. The van der Waals surface area contributed by atoms with Gasteiger partial charge in [0.05, 0.1) is 13.7 Å². The van der Waals surface area contributed by atoms with E-state index in [9.17, 15) is 9.59 Å². The third kappa shape index (κ3) is 4.59. The Bertz CT molecular complexity index is 979. The van der Waals surface area contributed by atoms with Gasteiger partial charge < -0.3 is 14.2 Å². The Kier molecular flexibility index (Phi) is 6.85. The van der Waals surface area contributed by atoms with Crippen molar-refractivity contribution in [3.63, 3.8) is 0 Å². The number of benzene rings is 2. The van der Waals surface area contributed by atoms with Gasteiger partial charge in [0.15, 0.2) is 6.10 Å². The molecule has 2 heterocycles. The van der Waals surface area contributed by atoms with Crippen molar-refractivity contribution in [1.29, 1.82) is 0 Å². The van der Waals surface area contributed by atoms with E-state index in [0.717, 1.165) is 16.9 Å². The Morgan fingerprint density at radius 2 is 1.81 bits per heavy atom. The molecule has 1 amide bonds. The molecule has 8 heteroatoms. The molecule has 2 aliphatic heterocycles. The van der Waals surface area contributed by atoms with Crippen LogP contribution in [-0.2, 0) is 32.3 Å². The molecule has 0 saturated carbocycles. The van der Waals surface area contributed by atoms with Gasteiger partial charge in [-0.25, -0.2) is 4.79 Å². The molecule has 2 aliphatic rings. The van der Waals surface area contributed by atoms with Gasteiger partial charge in [-0.3, -0.25) is 9.69 Å². The van der Waals surface area contributed by atoms with Crippen LogP contribution in [0, 0.1) is 0 Å². The SMILES string of the molecule is COc1ccc(COC(=O)C2=C(CCl)CS[C@@H]3[C@@H](OCc4ccccc4)C(=O)N23)cc1. The minimum absolute atomic E-state index is 0.0929. The van der Waals surface area contributed by atoms with Gasteiger partial charge in [0.2, 0.25) is 0 Å². The number of ether oxygens (including phenoxy) is 3. The molecule has 2 atom stereocenters. The zero-order valence-electron chi connectivity index (χ0n) is 17.0. The van der Waals surface area contributed by atoms with Crippen molar-refractivity contribution in [2.75, 3.05) is 18.7 Å².